The summed E-state index contributed by atoms with van der Waals surface area (Å²) < 4.78 is 12.0. The molecule has 0 N–H and O–H groups in total. The van der Waals surface area contributed by atoms with E-state index in [1.54, 1.807) is 26.5 Å². The summed E-state index contributed by atoms with van der Waals surface area (Å²) in [6.45, 7) is 4.32. The number of hydrogen-bond acceptors (Lipinski definition) is 5. The van der Waals surface area contributed by atoms with Crippen molar-refractivity contribution >= 4 is 17.5 Å². The van der Waals surface area contributed by atoms with Crippen LogP contribution < -0.4 is 10.3 Å². The van der Waals surface area contributed by atoms with E-state index in [2.05, 4.69) is 4.90 Å². The lowest BCUT2D eigenvalue weighted by Gasteiger charge is -2.35. The topological polar surface area (TPSA) is 64.0 Å². The van der Waals surface area contributed by atoms with Gasteiger partial charge < -0.3 is 18.9 Å². The number of hydrogen-bond donors (Lipinski definition) is 0. The second-order valence-electron chi connectivity index (χ2n) is 6.97. The van der Waals surface area contributed by atoms with Crippen molar-refractivity contribution in [2.75, 3.05) is 47.0 Å². The smallest absolute Gasteiger partial charge is 0.255 e. The summed E-state index contributed by atoms with van der Waals surface area (Å²) in [5.41, 5.74) is 1.41. The molecule has 1 aliphatic heterocycles. The van der Waals surface area contributed by atoms with Gasteiger partial charge in [0, 0.05) is 69.2 Å². The van der Waals surface area contributed by atoms with Crippen molar-refractivity contribution in [1.82, 2.24) is 14.4 Å². The number of ether oxygens (including phenoxy) is 2. The van der Waals surface area contributed by atoms with Crippen LogP contribution in [-0.2, 0) is 17.8 Å². The number of halogens is 1. The molecule has 8 heteroatoms. The minimum absolute atomic E-state index is 0.0591. The molecule has 1 fully saturated rings. The number of methoxy groups -OCH3 is 2. The second kappa shape index (κ2) is 9.91. The summed E-state index contributed by atoms with van der Waals surface area (Å²) in [6, 6.07) is 8.63. The molecule has 1 aromatic carbocycles. The summed E-state index contributed by atoms with van der Waals surface area (Å²) >= 11 is 6.12. The van der Waals surface area contributed by atoms with Gasteiger partial charge in [0.2, 0.25) is 0 Å². The molecule has 0 bridgehead atoms. The van der Waals surface area contributed by atoms with Gasteiger partial charge in [0.1, 0.15) is 5.75 Å². The van der Waals surface area contributed by atoms with Crippen molar-refractivity contribution in [2.45, 2.75) is 13.1 Å². The van der Waals surface area contributed by atoms with Crippen molar-refractivity contribution in [3.05, 3.63) is 63.0 Å². The number of nitrogens with zero attached hydrogens (tertiary/aromatic N) is 3. The van der Waals surface area contributed by atoms with Crippen LogP contribution in [0.4, 0.5) is 0 Å². The van der Waals surface area contributed by atoms with Crippen LogP contribution in [0, 0.1) is 0 Å². The number of amides is 1. The Morgan fingerprint density at radius 2 is 1.86 bits per heavy atom. The standard InChI is InChI=1S/C21H26ClN3O4/c1-28-12-11-25-15-16(3-6-20(25)26)21(27)24-9-7-23(8-10-24)14-17-13-18(22)4-5-19(17)29-2/h3-6,13,15H,7-12,14H2,1-2H3. The van der Waals surface area contributed by atoms with Gasteiger partial charge in [-0.15, -0.1) is 0 Å². The van der Waals surface area contributed by atoms with E-state index in [0.717, 1.165) is 24.4 Å². The van der Waals surface area contributed by atoms with Crippen LogP contribution in [-0.4, -0.2) is 67.3 Å². The van der Waals surface area contributed by atoms with Crippen molar-refractivity contribution in [3.63, 3.8) is 0 Å². The summed E-state index contributed by atoms with van der Waals surface area (Å²) in [7, 11) is 3.23. The first-order valence-electron chi connectivity index (χ1n) is 9.55. The molecule has 0 unspecified atom stereocenters. The Morgan fingerprint density at radius 1 is 1.10 bits per heavy atom. The van der Waals surface area contributed by atoms with Gasteiger partial charge in [0.05, 0.1) is 19.3 Å². The molecule has 1 aliphatic rings. The lowest BCUT2D eigenvalue weighted by atomic mass is 10.1. The molecule has 1 saturated heterocycles. The zero-order valence-corrected chi connectivity index (χ0v) is 17.5. The normalized spacial score (nSPS) is 14.8. The summed E-state index contributed by atoms with van der Waals surface area (Å²) in [4.78, 5) is 28.9. The third-order valence-electron chi connectivity index (χ3n) is 5.06. The van der Waals surface area contributed by atoms with E-state index in [-0.39, 0.29) is 11.5 Å². The van der Waals surface area contributed by atoms with E-state index < -0.39 is 0 Å². The Kier molecular flexibility index (Phi) is 7.30. The number of pyridine rings is 1. The van der Waals surface area contributed by atoms with Gasteiger partial charge in [0.15, 0.2) is 0 Å². The Bertz CT molecular complexity index is 907. The van der Waals surface area contributed by atoms with Crippen LogP contribution in [0.25, 0.3) is 0 Å². The lowest BCUT2D eigenvalue weighted by molar-refractivity contribution is 0.0626. The maximum absolute atomic E-state index is 12.9. The lowest BCUT2D eigenvalue weighted by Crippen LogP contribution is -2.48. The zero-order valence-electron chi connectivity index (χ0n) is 16.8. The molecule has 1 amide bonds. The van der Waals surface area contributed by atoms with Gasteiger partial charge in [0.25, 0.3) is 11.5 Å². The van der Waals surface area contributed by atoms with Crippen LogP contribution in [0.3, 0.4) is 0 Å². The van der Waals surface area contributed by atoms with Gasteiger partial charge in [-0.2, -0.15) is 0 Å². The molecule has 0 saturated carbocycles. The molecule has 2 aromatic rings. The Hall–Kier alpha value is -2.35. The van der Waals surface area contributed by atoms with Crippen LogP contribution in [0.5, 0.6) is 5.75 Å². The van der Waals surface area contributed by atoms with E-state index in [0.29, 0.717) is 43.4 Å². The average Bonchev–Trinajstić information content (AvgIpc) is 2.73. The van der Waals surface area contributed by atoms with Gasteiger partial charge in [-0.25, -0.2) is 0 Å². The first-order valence-corrected chi connectivity index (χ1v) is 9.93. The molecule has 0 aliphatic carbocycles. The quantitative estimate of drug-likeness (QED) is 0.687. The molecule has 0 atom stereocenters. The van der Waals surface area contributed by atoms with Crippen molar-refractivity contribution < 1.29 is 14.3 Å². The predicted octanol–water partition coefficient (Wildman–Crippen LogP) is 2.11. The van der Waals surface area contributed by atoms with Crippen LogP contribution >= 0.6 is 11.6 Å². The fraction of sp³-hybridized carbons (Fsp3) is 0.429. The first kappa shape index (κ1) is 21.4. The van der Waals surface area contributed by atoms with E-state index in [9.17, 15) is 9.59 Å². The van der Waals surface area contributed by atoms with Gasteiger partial charge in [-0.05, 0) is 24.3 Å². The van der Waals surface area contributed by atoms with E-state index >= 15 is 0 Å². The molecule has 1 aromatic heterocycles. The molecule has 156 valence electrons. The average molecular weight is 420 g/mol. The summed E-state index contributed by atoms with van der Waals surface area (Å²) in [5, 5.41) is 0.679. The molecule has 29 heavy (non-hydrogen) atoms. The highest BCUT2D eigenvalue weighted by atomic mass is 35.5. The fourth-order valence-corrected chi connectivity index (χ4v) is 3.62. The van der Waals surface area contributed by atoms with Crippen molar-refractivity contribution in [2.24, 2.45) is 0 Å². The fourth-order valence-electron chi connectivity index (χ4n) is 3.43. The molecule has 0 radical (unpaired) electrons. The largest absolute Gasteiger partial charge is 0.496 e. The minimum Gasteiger partial charge on any atom is -0.496 e. The minimum atomic E-state index is -0.140. The number of benzene rings is 1. The Labute approximate surface area is 175 Å². The van der Waals surface area contributed by atoms with Crippen LogP contribution in [0.15, 0.2) is 41.3 Å². The summed E-state index contributed by atoms with van der Waals surface area (Å²) in [6.07, 6.45) is 1.62. The SMILES string of the molecule is COCCn1cc(C(=O)N2CCN(Cc3cc(Cl)ccc3OC)CC2)ccc1=O. The Balaban J connectivity index is 1.61. The highest BCUT2D eigenvalue weighted by Gasteiger charge is 2.23. The number of aromatic nitrogens is 1. The van der Waals surface area contributed by atoms with E-state index in [1.165, 1.54) is 10.6 Å². The van der Waals surface area contributed by atoms with Gasteiger partial charge in [-0.1, -0.05) is 11.6 Å². The monoisotopic (exact) mass is 419 g/mol. The number of carbonyl (C=O) groups excluding carboxylic acids is 1. The van der Waals surface area contributed by atoms with Crippen molar-refractivity contribution in [1.29, 1.82) is 0 Å². The highest BCUT2D eigenvalue weighted by Crippen LogP contribution is 2.24. The number of carbonyl (C=O) groups is 1. The highest BCUT2D eigenvalue weighted by molar-refractivity contribution is 6.30. The maximum Gasteiger partial charge on any atom is 0.255 e. The molecular formula is C21H26ClN3O4. The number of rotatable bonds is 7. The second-order valence-corrected chi connectivity index (χ2v) is 7.40. The third kappa shape index (κ3) is 5.38. The molecule has 3 rings (SSSR count). The predicted molar refractivity (Wildman–Crippen MR) is 112 cm³/mol. The molecular weight excluding hydrogens is 394 g/mol. The van der Waals surface area contributed by atoms with Gasteiger partial charge in [-0.3, -0.25) is 14.5 Å². The number of piperazine rings is 1. The first-order chi connectivity index (χ1) is 14.0. The van der Waals surface area contributed by atoms with Crippen molar-refractivity contribution in [3.8, 4) is 5.75 Å². The third-order valence-corrected chi connectivity index (χ3v) is 5.30. The van der Waals surface area contributed by atoms with Gasteiger partial charge >= 0.3 is 0 Å². The molecule has 0 spiro atoms. The maximum atomic E-state index is 12.9. The van der Waals surface area contributed by atoms with Crippen LogP contribution in [0.1, 0.15) is 15.9 Å². The van der Waals surface area contributed by atoms with Crippen LogP contribution in [0.2, 0.25) is 5.02 Å². The Morgan fingerprint density at radius 3 is 2.55 bits per heavy atom. The summed E-state index contributed by atoms with van der Waals surface area (Å²) in [5.74, 6) is 0.752. The molecule has 2 heterocycles. The molecule has 7 nitrogen and oxygen atoms in total. The zero-order chi connectivity index (χ0) is 20.8. The van der Waals surface area contributed by atoms with E-state index in [1.807, 2.05) is 23.1 Å². The van der Waals surface area contributed by atoms with E-state index in [4.69, 9.17) is 21.1 Å².